The fourth-order valence-corrected chi connectivity index (χ4v) is 4.09. The average molecular weight is 332 g/mol. The van der Waals surface area contributed by atoms with E-state index >= 15 is 0 Å². The van der Waals surface area contributed by atoms with E-state index in [1.54, 1.807) is 18.4 Å². The number of thiophene rings is 1. The van der Waals surface area contributed by atoms with Gasteiger partial charge in [-0.25, -0.2) is 18.4 Å². The summed E-state index contributed by atoms with van der Waals surface area (Å²) < 4.78 is 27.2. The normalized spacial score (nSPS) is 19.0. The number of hydrogen-bond acceptors (Lipinski definition) is 6. The van der Waals surface area contributed by atoms with Crippen molar-refractivity contribution in [3.63, 3.8) is 0 Å². The maximum absolute atomic E-state index is 12.0. The lowest BCUT2D eigenvalue weighted by atomic mass is 10.1. The minimum Gasteiger partial charge on any atom is -0.462 e. The zero-order valence-electron chi connectivity index (χ0n) is 11.4. The SMILES string of the molecule is CCOC(=O)c1ccsc1N1CC(CS(N)(=O)=O)CC1=O. The molecule has 116 valence electrons. The summed E-state index contributed by atoms with van der Waals surface area (Å²) in [5.74, 6) is -1.30. The van der Waals surface area contributed by atoms with Crippen molar-refractivity contribution in [2.45, 2.75) is 13.3 Å². The Balaban J connectivity index is 2.18. The van der Waals surface area contributed by atoms with Crippen molar-refractivity contribution in [3.8, 4) is 0 Å². The molecule has 0 radical (unpaired) electrons. The Hall–Kier alpha value is -1.45. The first kappa shape index (κ1) is 15.9. The summed E-state index contributed by atoms with van der Waals surface area (Å²) in [6.07, 6.45) is 0.108. The molecule has 2 N–H and O–H groups in total. The maximum Gasteiger partial charge on any atom is 0.341 e. The van der Waals surface area contributed by atoms with Gasteiger partial charge in [-0.1, -0.05) is 0 Å². The third-order valence-electron chi connectivity index (χ3n) is 3.06. The first-order chi connectivity index (χ1) is 9.81. The Morgan fingerprint density at radius 3 is 2.90 bits per heavy atom. The van der Waals surface area contributed by atoms with Crippen molar-refractivity contribution in [1.29, 1.82) is 0 Å². The molecule has 1 aromatic rings. The van der Waals surface area contributed by atoms with E-state index in [1.807, 2.05) is 0 Å². The van der Waals surface area contributed by atoms with Crippen molar-refractivity contribution < 1.29 is 22.7 Å². The monoisotopic (exact) mass is 332 g/mol. The smallest absolute Gasteiger partial charge is 0.341 e. The van der Waals surface area contributed by atoms with Crippen molar-refractivity contribution in [1.82, 2.24) is 0 Å². The van der Waals surface area contributed by atoms with Gasteiger partial charge < -0.3 is 9.64 Å². The van der Waals surface area contributed by atoms with Gasteiger partial charge in [0.2, 0.25) is 15.9 Å². The molecule has 1 amide bonds. The second kappa shape index (κ2) is 6.12. The van der Waals surface area contributed by atoms with Crippen LogP contribution in [-0.2, 0) is 19.6 Å². The topological polar surface area (TPSA) is 107 Å². The van der Waals surface area contributed by atoms with Crippen molar-refractivity contribution >= 4 is 38.2 Å². The number of nitrogens with two attached hydrogens (primary N) is 1. The summed E-state index contributed by atoms with van der Waals surface area (Å²) >= 11 is 1.25. The Labute approximate surface area is 126 Å². The predicted molar refractivity (Wildman–Crippen MR) is 78.7 cm³/mol. The molecule has 0 aliphatic carbocycles. The summed E-state index contributed by atoms with van der Waals surface area (Å²) in [6.45, 7) is 2.19. The van der Waals surface area contributed by atoms with E-state index in [4.69, 9.17) is 9.88 Å². The quantitative estimate of drug-likeness (QED) is 0.793. The Morgan fingerprint density at radius 2 is 2.29 bits per heavy atom. The highest BCUT2D eigenvalue weighted by atomic mass is 32.2. The Kier molecular flexibility index (Phi) is 4.64. The standard InChI is InChI=1S/C12H16N2O5S2/c1-2-19-12(16)9-3-4-20-11(9)14-6-8(5-10(14)15)7-21(13,17)18/h3-4,8H,2,5-7H2,1H3,(H2,13,17,18). The van der Waals surface area contributed by atoms with Gasteiger partial charge in [0.15, 0.2) is 0 Å². The molecule has 1 aliphatic rings. The van der Waals surface area contributed by atoms with Crippen LogP contribution in [0.2, 0.25) is 0 Å². The molecule has 1 saturated heterocycles. The van der Waals surface area contributed by atoms with E-state index < -0.39 is 16.0 Å². The van der Waals surface area contributed by atoms with Crippen LogP contribution in [0.1, 0.15) is 23.7 Å². The summed E-state index contributed by atoms with van der Waals surface area (Å²) in [6, 6.07) is 1.60. The minimum absolute atomic E-state index is 0.108. The summed E-state index contributed by atoms with van der Waals surface area (Å²) in [5.41, 5.74) is 0.325. The number of hydrogen-bond donors (Lipinski definition) is 1. The highest BCUT2D eigenvalue weighted by Crippen LogP contribution is 2.33. The molecule has 1 fully saturated rings. The van der Waals surface area contributed by atoms with Crippen LogP contribution < -0.4 is 10.0 Å². The number of sulfonamides is 1. The molecule has 1 unspecified atom stereocenters. The van der Waals surface area contributed by atoms with Crippen LogP contribution in [0.15, 0.2) is 11.4 Å². The molecule has 1 atom stereocenters. The van der Waals surface area contributed by atoms with E-state index in [0.717, 1.165) is 0 Å². The molecular formula is C12H16N2O5S2. The van der Waals surface area contributed by atoms with Gasteiger partial charge in [-0.3, -0.25) is 4.79 Å². The molecule has 0 aromatic carbocycles. The molecular weight excluding hydrogens is 316 g/mol. The molecule has 21 heavy (non-hydrogen) atoms. The van der Waals surface area contributed by atoms with Gasteiger partial charge >= 0.3 is 5.97 Å². The molecule has 2 rings (SSSR count). The van der Waals surface area contributed by atoms with Gasteiger partial charge in [-0.05, 0) is 18.4 Å². The van der Waals surface area contributed by atoms with Crippen LogP contribution in [0.5, 0.6) is 0 Å². The van der Waals surface area contributed by atoms with Crippen LogP contribution in [0.3, 0.4) is 0 Å². The molecule has 1 aliphatic heterocycles. The van der Waals surface area contributed by atoms with Crippen LogP contribution in [0, 0.1) is 5.92 Å². The van der Waals surface area contributed by atoms with Crippen molar-refractivity contribution in [3.05, 3.63) is 17.0 Å². The predicted octanol–water partition coefficient (Wildman–Crippen LogP) is 0.566. The highest BCUT2D eigenvalue weighted by molar-refractivity contribution is 7.89. The molecule has 0 bridgehead atoms. The number of primary sulfonamides is 1. The van der Waals surface area contributed by atoms with Crippen LogP contribution in [0.25, 0.3) is 0 Å². The van der Waals surface area contributed by atoms with Gasteiger partial charge in [0.05, 0.1) is 17.9 Å². The number of rotatable bonds is 5. The van der Waals surface area contributed by atoms with Gasteiger partial charge in [0, 0.05) is 18.9 Å². The zero-order chi connectivity index (χ0) is 15.6. The van der Waals surface area contributed by atoms with E-state index in [-0.39, 0.29) is 37.2 Å². The number of nitrogens with zero attached hydrogens (tertiary/aromatic N) is 1. The number of esters is 1. The number of ether oxygens (including phenoxy) is 1. The fraction of sp³-hybridized carbons (Fsp3) is 0.500. The number of anilines is 1. The fourth-order valence-electron chi connectivity index (χ4n) is 2.29. The number of carbonyl (C=O) groups is 2. The first-order valence-corrected chi connectivity index (χ1v) is 8.96. The zero-order valence-corrected chi connectivity index (χ0v) is 13.1. The Bertz CT molecular complexity index is 652. The lowest BCUT2D eigenvalue weighted by Crippen LogP contribution is -2.28. The largest absolute Gasteiger partial charge is 0.462 e. The van der Waals surface area contributed by atoms with E-state index in [2.05, 4.69) is 0 Å². The Morgan fingerprint density at radius 1 is 1.57 bits per heavy atom. The molecule has 2 heterocycles. The number of amides is 1. The third kappa shape index (κ3) is 3.80. The minimum atomic E-state index is -3.63. The third-order valence-corrected chi connectivity index (χ3v) is 4.93. The van der Waals surface area contributed by atoms with Crippen LogP contribution in [-0.4, -0.2) is 39.2 Å². The second-order valence-corrected chi connectivity index (χ2v) is 7.32. The van der Waals surface area contributed by atoms with Gasteiger partial charge in [-0.2, -0.15) is 0 Å². The van der Waals surface area contributed by atoms with Gasteiger partial charge in [0.25, 0.3) is 0 Å². The number of carbonyl (C=O) groups excluding carboxylic acids is 2. The van der Waals surface area contributed by atoms with E-state index in [9.17, 15) is 18.0 Å². The van der Waals surface area contributed by atoms with Gasteiger partial charge in [-0.15, -0.1) is 11.3 Å². The van der Waals surface area contributed by atoms with Crippen molar-refractivity contribution in [2.24, 2.45) is 11.1 Å². The lowest BCUT2D eigenvalue weighted by molar-refractivity contribution is -0.117. The maximum atomic E-state index is 12.0. The molecule has 9 heteroatoms. The average Bonchev–Trinajstić information content (AvgIpc) is 2.93. The second-order valence-electron chi connectivity index (χ2n) is 4.76. The molecule has 0 spiro atoms. The lowest BCUT2D eigenvalue weighted by Gasteiger charge is -2.16. The summed E-state index contributed by atoms with van der Waals surface area (Å²) in [7, 11) is -3.63. The van der Waals surface area contributed by atoms with Gasteiger partial charge in [0.1, 0.15) is 5.00 Å². The highest BCUT2D eigenvalue weighted by Gasteiger charge is 2.35. The molecule has 0 saturated carbocycles. The van der Waals surface area contributed by atoms with Crippen molar-refractivity contribution in [2.75, 3.05) is 23.8 Å². The molecule has 7 nitrogen and oxygen atoms in total. The van der Waals surface area contributed by atoms with Crippen LogP contribution >= 0.6 is 11.3 Å². The van der Waals surface area contributed by atoms with E-state index in [1.165, 1.54) is 16.2 Å². The van der Waals surface area contributed by atoms with Crippen LogP contribution in [0.4, 0.5) is 5.00 Å². The van der Waals surface area contributed by atoms with E-state index in [0.29, 0.717) is 10.6 Å². The summed E-state index contributed by atoms with van der Waals surface area (Å²) in [5, 5.41) is 7.21. The first-order valence-electron chi connectivity index (χ1n) is 6.37. The molecule has 1 aromatic heterocycles. The summed E-state index contributed by atoms with van der Waals surface area (Å²) in [4.78, 5) is 25.3.